The fraction of sp³-hybridized carbons (Fsp3) is 0.250. The molecule has 2 unspecified atom stereocenters. The molecule has 0 bridgehead atoms. The lowest BCUT2D eigenvalue weighted by molar-refractivity contribution is 0.0113. The van der Waals surface area contributed by atoms with Crippen molar-refractivity contribution in [1.29, 1.82) is 0 Å². The van der Waals surface area contributed by atoms with Crippen molar-refractivity contribution in [3.8, 4) is 11.1 Å². The van der Waals surface area contributed by atoms with Crippen LogP contribution in [-0.4, -0.2) is 10.2 Å². The van der Waals surface area contributed by atoms with Gasteiger partial charge in [0.2, 0.25) is 0 Å². The highest BCUT2D eigenvalue weighted by Gasteiger charge is 2.36. The van der Waals surface area contributed by atoms with Gasteiger partial charge in [-0.15, -0.1) is 0 Å². The van der Waals surface area contributed by atoms with E-state index in [-0.39, 0.29) is 11.1 Å². The Morgan fingerprint density at radius 3 is 1.45 bits per heavy atom. The minimum absolute atomic E-state index is 0.0354. The molecule has 3 rings (SSSR count). The van der Waals surface area contributed by atoms with E-state index < -0.39 is 23.8 Å². The smallest absolute Gasteiger partial charge is 0.132 e. The van der Waals surface area contributed by atoms with E-state index in [1.165, 1.54) is 0 Å². The lowest BCUT2D eigenvalue weighted by atomic mass is 9.80. The molecule has 1 aliphatic rings. The first-order valence-electron chi connectivity index (χ1n) is 6.38. The molecular weight excluding hydrogens is 262 g/mol. The maximum absolute atomic E-state index is 14.2. The Balaban J connectivity index is 2.40. The Bertz CT molecular complexity index is 649. The number of benzene rings is 2. The normalized spacial score (nSPS) is 20.5. The molecule has 2 aromatic carbocycles. The summed E-state index contributed by atoms with van der Waals surface area (Å²) in [6.07, 6.45) is -2.93. The summed E-state index contributed by atoms with van der Waals surface area (Å²) in [6, 6.07) is 6.47. The maximum Gasteiger partial charge on any atom is 0.132 e. The van der Waals surface area contributed by atoms with E-state index in [1.54, 1.807) is 38.1 Å². The van der Waals surface area contributed by atoms with Crippen LogP contribution in [0.2, 0.25) is 0 Å². The zero-order chi connectivity index (χ0) is 14.6. The van der Waals surface area contributed by atoms with E-state index in [1.807, 2.05) is 0 Å². The Labute approximate surface area is 115 Å². The summed E-state index contributed by atoms with van der Waals surface area (Å²) in [6.45, 7) is 3.17. The molecule has 0 saturated heterocycles. The molecule has 0 aromatic heterocycles. The number of aryl methyl sites for hydroxylation is 2. The Kier molecular flexibility index (Phi) is 2.88. The Morgan fingerprint density at radius 1 is 0.750 bits per heavy atom. The van der Waals surface area contributed by atoms with Gasteiger partial charge in [-0.25, -0.2) is 8.78 Å². The van der Waals surface area contributed by atoms with E-state index in [2.05, 4.69) is 0 Å². The molecule has 2 aromatic rings. The van der Waals surface area contributed by atoms with E-state index in [4.69, 9.17) is 0 Å². The molecule has 0 saturated carbocycles. The number of aliphatic hydroxyl groups is 2. The summed E-state index contributed by atoms with van der Waals surface area (Å²) in [5.41, 5.74) is 1.69. The van der Waals surface area contributed by atoms with E-state index in [9.17, 15) is 19.0 Å². The maximum atomic E-state index is 14.2. The molecule has 2 nitrogen and oxygen atoms in total. The standard InChI is InChI=1S/C16H14F2O2/c1-7-3-5-9-10-6-4-8(2)14(18)12(10)16(20)15(19)11(9)13(7)17/h3-6,15-16,19-20H,1-2H3. The molecule has 104 valence electrons. The van der Waals surface area contributed by atoms with Crippen LogP contribution in [0.15, 0.2) is 24.3 Å². The minimum Gasteiger partial charge on any atom is -0.385 e. The quantitative estimate of drug-likeness (QED) is 0.775. The fourth-order valence-corrected chi connectivity index (χ4v) is 2.77. The second-order valence-corrected chi connectivity index (χ2v) is 5.21. The number of hydrogen-bond acceptors (Lipinski definition) is 2. The van der Waals surface area contributed by atoms with Crippen LogP contribution in [0.1, 0.15) is 34.5 Å². The Hall–Kier alpha value is -1.78. The first-order valence-corrected chi connectivity index (χ1v) is 6.38. The lowest BCUT2D eigenvalue weighted by Crippen LogP contribution is -2.21. The molecule has 0 amide bonds. The molecule has 0 heterocycles. The molecule has 20 heavy (non-hydrogen) atoms. The number of fused-ring (bicyclic) bond motifs is 3. The fourth-order valence-electron chi connectivity index (χ4n) is 2.77. The van der Waals surface area contributed by atoms with Crippen LogP contribution in [-0.2, 0) is 0 Å². The van der Waals surface area contributed by atoms with Crippen molar-refractivity contribution in [3.05, 3.63) is 58.2 Å². The van der Waals surface area contributed by atoms with Crippen LogP contribution in [0.3, 0.4) is 0 Å². The molecular formula is C16H14F2O2. The molecule has 0 aliphatic heterocycles. The summed E-state index contributed by atoms with van der Waals surface area (Å²) < 4.78 is 28.4. The predicted molar refractivity (Wildman–Crippen MR) is 71.2 cm³/mol. The molecule has 0 fully saturated rings. The largest absolute Gasteiger partial charge is 0.385 e. The third-order valence-electron chi connectivity index (χ3n) is 3.93. The van der Waals surface area contributed by atoms with Gasteiger partial charge in [0.1, 0.15) is 23.8 Å². The first kappa shape index (κ1) is 13.2. The highest BCUT2D eigenvalue weighted by atomic mass is 19.1. The third kappa shape index (κ3) is 1.62. The van der Waals surface area contributed by atoms with Crippen molar-refractivity contribution in [3.63, 3.8) is 0 Å². The number of aliphatic hydroxyl groups excluding tert-OH is 2. The third-order valence-corrected chi connectivity index (χ3v) is 3.93. The monoisotopic (exact) mass is 276 g/mol. The SMILES string of the molecule is Cc1ccc2c(c1F)C(O)C(O)c1c-2ccc(C)c1F. The van der Waals surface area contributed by atoms with Crippen LogP contribution in [0.5, 0.6) is 0 Å². The van der Waals surface area contributed by atoms with Crippen LogP contribution >= 0.6 is 0 Å². The van der Waals surface area contributed by atoms with Gasteiger partial charge in [0.25, 0.3) is 0 Å². The van der Waals surface area contributed by atoms with Crippen LogP contribution in [0, 0.1) is 25.5 Å². The summed E-state index contributed by atoms with van der Waals surface area (Å²) in [4.78, 5) is 0. The molecule has 0 radical (unpaired) electrons. The number of halogens is 2. The van der Waals surface area contributed by atoms with Gasteiger partial charge in [0.05, 0.1) is 0 Å². The Morgan fingerprint density at radius 2 is 1.10 bits per heavy atom. The van der Waals surface area contributed by atoms with Crippen molar-refractivity contribution in [1.82, 2.24) is 0 Å². The van der Waals surface area contributed by atoms with Crippen molar-refractivity contribution >= 4 is 0 Å². The highest BCUT2D eigenvalue weighted by Crippen LogP contribution is 2.47. The average molecular weight is 276 g/mol. The van der Waals surface area contributed by atoms with Crippen LogP contribution < -0.4 is 0 Å². The highest BCUT2D eigenvalue weighted by molar-refractivity contribution is 5.75. The molecule has 2 N–H and O–H groups in total. The van der Waals surface area contributed by atoms with Crippen LogP contribution in [0.25, 0.3) is 11.1 Å². The molecule has 2 atom stereocenters. The summed E-state index contributed by atoms with van der Waals surface area (Å²) in [5.74, 6) is -1.11. The van der Waals surface area contributed by atoms with Crippen molar-refractivity contribution in [2.24, 2.45) is 0 Å². The second-order valence-electron chi connectivity index (χ2n) is 5.21. The van der Waals surface area contributed by atoms with Crippen molar-refractivity contribution in [2.45, 2.75) is 26.1 Å². The second kappa shape index (κ2) is 4.36. The predicted octanol–water partition coefficient (Wildman–Crippen LogP) is 3.33. The number of hydrogen-bond donors (Lipinski definition) is 2. The van der Waals surface area contributed by atoms with Crippen LogP contribution in [0.4, 0.5) is 8.78 Å². The lowest BCUT2D eigenvalue weighted by Gasteiger charge is -2.30. The molecule has 4 heteroatoms. The van der Waals surface area contributed by atoms with E-state index in [0.717, 1.165) is 0 Å². The minimum atomic E-state index is -1.46. The first-order chi connectivity index (χ1) is 9.43. The van der Waals surface area contributed by atoms with Gasteiger partial charge in [-0.3, -0.25) is 0 Å². The van der Waals surface area contributed by atoms with Gasteiger partial charge in [-0.1, -0.05) is 24.3 Å². The van der Waals surface area contributed by atoms with Crippen molar-refractivity contribution < 1.29 is 19.0 Å². The van der Waals surface area contributed by atoms with E-state index >= 15 is 0 Å². The van der Waals surface area contributed by atoms with Gasteiger partial charge in [-0.05, 0) is 36.1 Å². The summed E-state index contributed by atoms with van der Waals surface area (Å²) in [7, 11) is 0. The average Bonchev–Trinajstić information content (AvgIpc) is 2.42. The topological polar surface area (TPSA) is 40.5 Å². The van der Waals surface area contributed by atoms with Gasteiger partial charge >= 0.3 is 0 Å². The van der Waals surface area contributed by atoms with Gasteiger partial charge in [0, 0.05) is 11.1 Å². The summed E-state index contributed by atoms with van der Waals surface area (Å²) >= 11 is 0. The zero-order valence-electron chi connectivity index (χ0n) is 11.1. The van der Waals surface area contributed by atoms with Gasteiger partial charge in [0.15, 0.2) is 0 Å². The van der Waals surface area contributed by atoms with Gasteiger partial charge < -0.3 is 10.2 Å². The molecule has 0 spiro atoms. The van der Waals surface area contributed by atoms with E-state index in [0.29, 0.717) is 22.3 Å². The molecule has 1 aliphatic carbocycles. The summed E-state index contributed by atoms with van der Waals surface area (Å²) in [5, 5.41) is 20.3. The zero-order valence-corrected chi connectivity index (χ0v) is 11.1. The van der Waals surface area contributed by atoms with Crippen molar-refractivity contribution in [2.75, 3.05) is 0 Å². The number of rotatable bonds is 0. The van der Waals surface area contributed by atoms with Gasteiger partial charge in [-0.2, -0.15) is 0 Å².